The lowest BCUT2D eigenvalue weighted by atomic mass is 9.70. The molecule has 0 bridgehead atoms. The summed E-state index contributed by atoms with van der Waals surface area (Å²) in [5.74, 6) is 0.206. The Labute approximate surface area is 80.0 Å². The molecule has 1 aliphatic rings. The molecular weight excluding hydrogens is 164 g/mol. The third-order valence-corrected chi connectivity index (χ3v) is 3.23. The van der Waals surface area contributed by atoms with E-state index in [2.05, 4.69) is 19.9 Å². The molecule has 2 nitrogen and oxygen atoms in total. The Bertz CT molecular complexity index is 242. The first-order chi connectivity index (χ1) is 6.00. The fraction of sp³-hybridized carbons (Fsp3) is 0.727. The lowest BCUT2D eigenvalue weighted by molar-refractivity contribution is -0.154. The molecule has 74 valence electrons. The molecular formula is C11H18O2. The van der Waals surface area contributed by atoms with Gasteiger partial charge in [0.05, 0.1) is 12.5 Å². The predicted molar refractivity (Wildman–Crippen MR) is 52.3 cm³/mol. The Balaban J connectivity index is 2.87. The van der Waals surface area contributed by atoms with E-state index in [9.17, 15) is 4.79 Å². The van der Waals surface area contributed by atoms with E-state index in [1.54, 1.807) is 0 Å². The second-order valence-electron chi connectivity index (χ2n) is 4.21. The van der Waals surface area contributed by atoms with E-state index < -0.39 is 0 Å². The van der Waals surface area contributed by atoms with E-state index >= 15 is 0 Å². The van der Waals surface area contributed by atoms with Crippen molar-refractivity contribution in [2.45, 2.75) is 33.6 Å². The maximum absolute atomic E-state index is 11.6. The van der Waals surface area contributed by atoms with Gasteiger partial charge in [-0.25, -0.2) is 0 Å². The Morgan fingerprint density at radius 1 is 1.69 bits per heavy atom. The van der Waals surface area contributed by atoms with Crippen LogP contribution >= 0.6 is 0 Å². The van der Waals surface area contributed by atoms with Crippen LogP contribution in [-0.2, 0) is 9.53 Å². The number of hydrogen-bond donors (Lipinski definition) is 0. The van der Waals surface area contributed by atoms with Gasteiger partial charge in [-0.2, -0.15) is 0 Å². The fourth-order valence-electron chi connectivity index (χ4n) is 1.90. The lowest BCUT2D eigenvalue weighted by Gasteiger charge is -2.35. The van der Waals surface area contributed by atoms with E-state index in [0.29, 0.717) is 0 Å². The molecule has 0 aromatic carbocycles. The van der Waals surface area contributed by atoms with Gasteiger partial charge in [0.25, 0.3) is 0 Å². The number of allylic oxidation sites excluding steroid dienone is 2. The maximum atomic E-state index is 11.6. The number of carbonyl (C=O) groups is 1. The molecule has 2 heteroatoms. The van der Waals surface area contributed by atoms with Gasteiger partial charge in [0.15, 0.2) is 0 Å². The van der Waals surface area contributed by atoms with E-state index in [1.807, 2.05) is 6.92 Å². The quantitative estimate of drug-likeness (QED) is 0.460. The summed E-state index contributed by atoms with van der Waals surface area (Å²) in [6, 6.07) is 0. The molecule has 0 heterocycles. The average Bonchev–Trinajstić information content (AvgIpc) is 2.11. The Hall–Kier alpha value is -0.790. The van der Waals surface area contributed by atoms with Gasteiger partial charge >= 0.3 is 5.97 Å². The first-order valence-electron chi connectivity index (χ1n) is 4.76. The van der Waals surface area contributed by atoms with Crippen LogP contribution in [-0.4, -0.2) is 13.1 Å². The summed E-state index contributed by atoms with van der Waals surface area (Å²) >= 11 is 0. The minimum atomic E-state index is -0.311. The van der Waals surface area contributed by atoms with Crippen molar-refractivity contribution in [1.29, 1.82) is 0 Å². The molecule has 0 saturated heterocycles. The molecule has 0 aliphatic heterocycles. The van der Waals surface area contributed by atoms with Gasteiger partial charge in [-0.15, -0.1) is 0 Å². The Morgan fingerprint density at radius 3 is 2.77 bits per heavy atom. The van der Waals surface area contributed by atoms with E-state index in [1.165, 1.54) is 12.7 Å². The van der Waals surface area contributed by atoms with Crippen molar-refractivity contribution in [3.8, 4) is 0 Å². The van der Waals surface area contributed by atoms with Crippen molar-refractivity contribution >= 4 is 5.97 Å². The van der Waals surface area contributed by atoms with E-state index in [4.69, 9.17) is 4.74 Å². The fourth-order valence-corrected chi connectivity index (χ4v) is 1.90. The van der Waals surface area contributed by atoms with Gasteiger partial charge in [0.2, 0.25) is 0 Å². The van der Waals surface area contributed by atoms with Gasteiger partial charge in [-0.05, 0) is 32.6 Å². The summed E-state index contributed by atoms with van der Waals surface area (Å²) in [5.41, 5.74) is 1.07. The third kappa shape index (κ3) is 1.77. The standard InChI is InChI=1S/C11H18O2/c1-8-5-6-11(3,9(2)7-8)10(12)13-4/h7,9H,5-6H2,1-4H3/t9-,11-/m1/s1. The van der Waals surface area contributed by atoms with E-state index in [-0.39, 0.29) is 17.3 Å². The first-order valence-corrected chi connectivity index (χ1v) is 4.76. The van der Waals surface area contributed by atoms with Crippen LogP contribution in [0.15, 0.2) is 11.6 Å². The van der Waals surface area contributed by atoms with Crippen molar-refractivity contribution in [1.82, 2.24) is 0 Å². The zero-order valence-electron chi connectivity index (χ0n) is 8.89. The number of methoxy groups -OCH3 is 1. The molecule has 0 N–H and O–H groups in total. The normalized spacial score (nSPS) is 33.8. The topological polar surface area (TPSA) is 26.3 Å². The van der Waals surface area contributed by atoms with Gasteiger partial charge in [-0.1, -0.05) is 18.6 Å². The van der Waals surface area contributed by atoms with Crippen molar-refractivity contribution in [2.75, 3.05) is 7.11 Å². The predicted octanol–water partition coefficient (Wildman–Crippen LogP) is 2.54. The molecule has 0 radical (unpaired) electrons. The number of hydrogen-bond acceptors (Lipinski definition) is 2. The second kappa shape index (κ2) is 3.52. The SMILES string of the molecule is COC(=O)[C@]1(C)CCC(C)=C[C@H]1C. The molecule has 0 fully saturated rings. The van der Waals surface area contributed by atoms with Gasteiger partial charge in [0.1, 0.15) is 0 Å². The molecule has 0 unspecified atom stereocenters. The zero-order valence-corrected chi connectivity index (χ0v) is 8.89. The smallest absolute Gasteiger partial charge is 0.312 e. The summed E-state index contributed by atoms with van der Waals surface area (Å²) in [5, 5.41) is 0. The highest BCUT2D eigenvalue weighted by atomic mass is 16.5. The summed E-state index contributed by atoms with van der Waals surface area (Å²) in [4.78, 5) is 11.6. The van der Waals surface area contributed by atoms with Gasteiger partial charge in [0, 0.05) is 0 Å². The number of rotatable bonds is 1. The van der Waals surface area contributed by atoms with Crippen molar-refractivity contribution in [3.63, 3.8) is 0 Å². The van der Waals surface area contributed by atoms with Crippen LogP contribution in [0.5, 0.6) is 0 Å². The van der Waals surface area contributed by atoms with E-state index in [0.717, 1.165) is 12.8 Å². The van der Waals surface area contributed by atoms with Crippen molar-refractivity contribution < 1.29 is 9.53 Å². The number of ether oxygens (including phenoxy) is 1. The Morgan fingerprint density at radius 2 is 2.31 bits per heavy atom. The summed E-state index contributed by atoms with van der Waals surface area (Å²) in [7, 11) is 1.46. The van der Waals surface area contributed by atoms with Crippen LogP contribution in [0.1, 0.15) is 33.6 Å². The zero-order chi connectivity index (χ0) is 10.1. The largest absolute Gasteiger partial charge is 0.469 e. The molecule has 2 atom stereocenters. The minimum Gasteiger partial charge on any atom is -0.469 e. The van der Waals surface area contributed by atoms with Crippen LogP contribution in [0, 0.1) is 11.3 Å². The molecule has 13 heavy (non-hydrogen) atoms. The molecule has 1 rings (SSSR count). The molecule has 0 spiro atoms. The van der Waals surface area contributed by atoms with Gasteiger partial charge < -0.3 is 4.74 Å². The highest BCUT2D eigenvalue weighted by Gasteiger charge is 2.40. The summed E-state index contributed by atoms with van der Waals surface area (Å²) in [6.07, 6.45) is 4.10. The van der Waals surface area contributed by atoms with Crippen LogP contribution in [0.4, 0.5) is 0 Å². The molecule has 0 aromatic heterocycles. The minimum absolute atomic E-state index is 0.0799. The Kier molecular flexibility index (Phi) is 2.79. The third-order valence-electron chi connectivity index (χ3n) is 3.23. The number of esters is 1. The summed E-state index contributed by atoms with van der Waals surface area (Å²) < 4.78 is 4.83. The van der Waals surface area contributed by atoms with Crippen LogP contribution in [0.25, 0.3) is 0 Å². The first kappa shape index (κ1) is 10.3. The second-order valence-corrected chi connectivity index (χ2v) is 4.21. The highest BCUT2D eigenvalue weighted by Crippen LogP contribution is 2.40. The molecule has 0 amide bonds. The van der Waals surface area contributed by atoms with Crippen LogP contribution in [0.3, 0.4) is 0 Å². The van der Waals surface area contributed by atoms with Crippen molar-refractivity contribution in [2.24, 2.45) is 11.3 Å². The lowest BCUT2D eigenvalue weighted by Crippen LogP contribution is -2.36. The molecule has 0 aromatic rings. The number of carbonyl (C=O) groups excluding carboxylic acids is 1. The highest BCUT2D eigenvalue weighted by molar-refractivity contribution is 5.77. The monoisotopic (exact) mass is 182 g/mol. The van der Waals surface area contributed by atoms with Crippen molar-refractivity contribution in [3.05, 3.63) is 11.6 Å². The van der Waals surface area contributed by atoms with Crippen LogP contribution < -0.4 is 0 Å². The average molecular weight is 182 g/mol. The van der Waals surface area contributed by atoms with Gasteiger partial charge in [-0.3, -0.25) is 4.79 Å². The maximum Gasteiger partial charge on any atom is 0.312 e. The summed E-state index contributed by atoms with van der Waals surface area (Å²) in [6.45, 7) is 6.19. The molecule has 1 aliphatic carbocycles. The van der Waals surface area contributed by atoms with Crippen LogP contribution in [0.2, 0.25) is 0 Å². The molecule has 0 saturated carbocycles.